The number of aryl methyl sites for hydroxylation is 1. The summed E-state index contributed by atoms with van der Waals surface area (Å²) in [6.45, 7) is 0. The molecule has 0 saturated carbocycles. The van der Waals surface area contributed by atoms with Gasteiger partial charge in [-0.3, -0.25) is 4.68 Å². The fourth-order valence-electron chi connectivity index (χ4n) is 2.01. The predicted molar refractivity (Wildman–Crippen MR) is 76.7 cm³/mol. The van der Waals surface area contributed by atoms with E-state index in [9.17, 15) is 0 Å². The summed E-state index contributed by atoms with van der Waals surface area (Å²) >= 11 is 0. The SMILES string of the molecule is COc1ccc(Cc2nnc(-c3nn(C)cc3N)o2)cc1. The molecule has 1 aromatic carbocycles. The molecule has 0 bridgehead atoms. The van der Waals surface area contributed by atoms with Gasteiger partial charge in [-0.2, -0.15) is 5.10 Å². The lowest BCUT2D eigenvalue weighted by molar-refractivity contribution is 0.414. The van der Waals surface area contributed by atoms with Gasteiger partial charge >= 0.3 is 0 Å². The number of ether oxygens (including phenoxy) is 1. The Morgan fingerprint density at radius 3 is 2.62 bits per heavy atom. The number of benzene rings is 1. The van der Waals surface area contributed by atoms with Crippen LogP contribution in [0.1, 0.15) is 11.5 Å². The van der Waals surface area contributed by atoms with Crippen molar-refractivity contribution in [3.05, 3.63) is 41.9 Å². The Labute approximate surface area is 121 Å². The van der Waals surface area contributed by atoms with Crippen molar-refractivity contribution >= 4 is 5.69 Å². The van der Waals surface area contributed by atoms with Gasteiger partial charge in [-0.05, 0) is 17.7 Å². The van der Waals surface area contributed by atoms with Crippen molar-refractivity contribution < 1.29 is 9.15 Å². The molecule has 0 fully saturated rings. The zero-order valence-corrected chi connectivity index (χ0v) is 11.8. The van der Waals surface area contributed by atoms with Crippen LogP contribution in [0.3, 0.4) is 0 Å². The molecule has 0 aliphatic heterocycles. The van der Waals surface area contributed by atoms with E-state index in [2.05, 4.69) is 15.3 Å². The summed E-state index contributed by atoms with van der Waals surface area (Å²) in [4.78, 5) is 0. The monoisotopic (exact) mass is 285 g/mol. The van der Waals surface area contributed by atoms with E-state index in [4.69, 9.17) is 14.9 Å². The van der Waals surface area contributed by atoms with Crippen molar-refractivity contribution in [1.29, 1.82) is 0 Å². The number of nitrogen functional groups attached to an aromatic ring is 1. The van der Waals surface area contributed by atoms with Crippen LogP contribution in [0.4, 0.5) is 5.69 Å². The lowest BCUT2D eigenvalue weighted by atomic mass is 10.1. The Morgan fingerprint density at radius 1 is 1.24 bits per heavy atom. The maximum absolute atomic E-state index is 5.84. The van der Waals surface area contributed by atoms with Gasteiger partial charge in [0.15, 0.2) is 5.69 Å². The zero-order chi connectivity index (χ0) is 14.8. The van der Waals surface area contributed by atoms with Crippen molar-refractivity contribution in [2.45, 2.75) is 6.42 Å². The third-order valence-corrected chi connectivity index (χ3v) is 3.04. The Balaban J connectivity index is 1.80. The van der Waals surface area contributed by atoms with Crippen LogP contribution in [-0.2, 0) is 13.5 Å². The molecule has 0 radical (unpaired) electrons. The molecule has 0 spiro atoms. The summed E-state index contributed by atoms with van der Waals surface area (Å²) < 4.78 is 12.3. The zero-order valence-electron chi connectivity index (χ0n) is 11.8. The van der Waals surface area contributed by atoms with Crippen LogP contribution in [-0.4, -0.2) is 27.1 Å². The van der Waals surface area contributed by atoms with Crippen LogP contribution in [0.25, 0.3) is 11.6 Å². The van der Waals surface area contributed by atoms with E-state index in [0.717, 1.165) is 11.3 Å². The van der Waals surface area contributed by atoms with E-state index < -0.39 is 0 Å². The van der Waals surface area contributed by atoms with Gasteiger partial charge in [0.2, 0.25) is 5.89 Å². The largest absolute Gasteiger partial charge is 0.497 e. The Kier molecular flexibility index (Phi) is 3.31. The Morgan fingerprint density at radius 2 is 2.00 bits per heavy atom. The third-order valence-electron chi connectivity index (χ3n) is 3.04. The van der Waals surface area contributed by atoms with Crippen LogP contribution in [0.15, 0.2) is 34.9 Å². The molecule has 0 atom stereocenters. The second-order valence-electron chi connectivity index (χ2n) is 4.63. The molecule has 2 aromatic heterocycles. The first-order valence-corrected chi connectivity index (χ1v) is 6.40. The lowest BCUT2D eigenvalue weighted by Gasteiger charge is -2.00. The van der Waals surface area contributed by atoms with Gasteiger partial charge in [0.1, 0.15) is 5.75 Å². The molecule has 2 N–H and O–H groups in total. The first-order valence-electron chi connectivity index (χ1n) is 6.40. The first-order chi connectivity index (χ1) is 10.2. The Hall–Kier alpha value is -2.83. The van der Waals surface area contributed by atoms with Crippen molar-refractivity contribution in [3.8, 4) is 17.3 Å². The van der Waals surface area contributed by atoms with E-state index in [1.54, 1.807) is 25.0 Å². The molecule has 0 amide bonds. The van der Waals surface area contributed by atoms with E-state index >= 15 is 0 Å². The summed E-state index contributed by atoms with van der Waals surface area (Å²) in [5.41, 5.74) is 7.91. The predicted octanol–water partition coefficient (Wildman–Crippen LogP) is 1.65. The quantitative estimate of drug-likeness (QED) is 0.783. The second-order valence-corrected chi connectivity index (χ2v) is 4.63. The van der Waals surface area contributed by atoms with Gasteiger partial charge < -0.3 is 14.9 Å². The van der Waals surface area contributed by atoms with Crippen molar-refractivity contribution in [3.63, 3.8) is 0 Å². The average molecular weight is 285 g/mol. The highest BCUT2D eigenvalue weighted by atomic mass is 16.5. The van der Waals surface area contributed by atoms with E-state index in [1.165, 1.54) is 0 Å². The van der Waals surface area contributed by atoms with Crippen LogP contribution in [0.2, 0.25) is 0 Å². The van der Waals surface area contributed by atoms with E-state index in [0.29, 0.717) is 29.6 Å². The van der Waals surface area contributed by atoms with Crippen LogP contribution >= 0.6 is 0 Å². The van der Waals surface area contributed by atoms with Gasteiger partial charge in [0, 0.05) is 13.2 Å². The minimum atomic E-state index is 0.330. The third kappa shape index (κ3) is 2.71. The summed E-state index contributed by atoms with van der Waals surface area (Å²) in [5.74, 6) is 1.66. The van der Waals surface area contributed by atoms with Gasteiger partial charge in [-0.1, -0.05) is 12.1 Å². The van der Waals surface area contributed by atoms with E-state index in [1.807, 2.05) is 24.3 Å². The Bertz CT molecular complexity index is 745. The summed E-state index contributed by atoms with van der Waals surface area (Å²) in [6.07, 6.45) is 2.24. The molecule has 0 saturated heterocycles. The number of methoxy groups -OCH3 is 1. The van der Waals surface area contributed by atoms with E-state index in [-0.39, 0.29) is 0 Å². The highest BCUT2D eigenvalue weighted by molar-refractivity contribution is 5.64. The lowest BCUT2D eigenvalue weighted by Crippen LogP contribution is -1.89. The molecule has 3 aromatic rings. The number of aromatic nitrogens is 4. The summed E-state index contributed by atoms with van der Waals surface area (Å²) in [7, 11) is 3.42. The van der Waals surface area contributed by atoms with Gasteiger partial charge in [-0.25, -0.2) is 0 Å². The maximum Gasteiger partial charge on any atom is 0.270 e. The minimum Gasteiger partial charge on any atom is -0.497 e. The molecule has 21 heavy (non-hydrogen) atoms. The van der Waals surface area contributed by atoms with Gasteiger partial charge in [-0.15, -0.1) is 10.2 Å². The van der Waals surface area contributed by atoms with Crippen LogP contribution < -0.4 is 10.5 Å². The minimum absolute atomic E-state index is 0.330. The standard InChI is InChI=1S/C14H15N5O2/c1-19-8-11(15)13(18-19)14-17-16-12(21-14)7-9-3-5-10(20-2)6-4-9/h3-6,8H,7,15H2,1-2H3. The summed E-state index contributed by atoms with van der Waals surface area (Å²) in [5, 5.41) is 12.2. The van der Waals surface area contributed by atoms with Crippen molar-refractivity contribution in [2.24, 2.45) is 7.05 Å². The molecule has 7 heteroatoms. The van der Waals surface area contributed by atoms with Crippen molar-refractivity contribution in [1.82, 2.24) is 20.0 Å². The first kappa shape index (κ1) is 13.2. The molecule has 2 heterocycles. The number of anilines is 1. The molecule has 0 unspecified atom stereocenters. The summed E-state index contributed by atoms with van der Waals surface area (Å²) in [6, 6.07) is 7.70. The second kappa shape index (κ2) is 5.28. The molecule has 0 aliphatic rings. The number of nitrogens with zero attached hydrogens (tertiary/aromatic N) is 4. The highest BCUT2D eigenvalue weighted by Crippen LogP contribution is 2.23. The fraction of sp³-hybridized carbons (Fsp3) is 0.214. The number of rotatable bonds is 4. The molecule has 7 nitrogen and oxygen atoms in total. The van der Waals surface area contributed by atoms with Crippen molar-refractivity contribution in [2.75, 3.05) is 12.8 Å². The molecular weight excluding hydrogens is 270 g/mol. The van der Waals surface area contributed by atoms with Crippen LogP contribution in [0, 0.1) is 0 Å². The number of nitrogens with two attached hydrogens (primary N) is 1. The highest BCUT2D eigenvalue weighted by Gasteiger charge is 2.15. The maximum atomic E-state index is 5.84. The topological polar surface area (TPSA) is 92.0 Å². The van der Waals surface area contributed by atoms with Gasteiger partial charge in [0.05, 0.1) is 19.2 Å². The smallest absolute Gasteiger partial charge is 0.270 e. The fourth-order valence-corrected chi connectivity index (χ4v) is 2.01. The van der Waals surface area contributed by atoms with Crippen LogP contribution in [0.5, 0.6) is 5.75 Å². The number of hydrogen-bond acceptors (Lipinski definition) is 6. The normalized spacial score (nSPS) is 10.8. The molecular formula is C14H15N5O2. The molecule has 0 aliphatic carbocycles. The number of hydrogen-bond donors (Lipinski definition) is 1. The molecule has 108 valence electrons. The van der Waals surface area contributed by atoms with Gasteiger partial charge in [0.25, 0.3) is 5.89 Å². The average Bonchev–Trinajstić information content (AvgIpc) is 3.06. The molecule has 3 rings (SSSR count).